The zero-order valence-corrected chi connectivity index (χ0v) is 16.4. The fraction of sp³-hybridized carbons (Fsp3) is 0.438. The van der Waals surface area contributed by atoms with Crippen LogP contribution in [-0.4, -0.2) is 56.9 Å². The van der Waals surface area contributed by atoms with Crippen molar-refractivity contribution in [3.8, 4) is 0 Å². The van der Waals surface area contributed by atoms with Crippen LogP contribution in [0.3, 0.4) is 0 Å². The van der Waals surface area contributed by atoms with Crippen LogP contribution in [-0.2, 0) is 19.6 Å². The highest BCUT2D eigenvalue weighted by molar-refractivity contribution is 7.89. The monoisotopic (exact) mass is 417 g/mol. The van der Waals surface area contributed by atoms with Crippen LogP contribution in [0.1, 0.15) is 30.1 Å². The van der Waals surface area contributed by atoms with Gasteiger partial charge in [-0.05, 0) is 38.0 Å². The Bertz CT molecular complexity index is 852. The first-order valence-electron chi connectivity index (χ1n) is 8.20. The SMILES string of the molecule is CNC(=O)NC(=O)[C@H](C)OC(=O)c1cc(S(=O)(=O)N2CCCC2)ccc1Cl. The molecule has 0 aromatic heterocycles. The van der Waals surface area contributed by atoms with Gasteiger partial charge in [-0.2, -0.15) is 4.31 Å². The van der Waals surface area contributed by atoms with Crippen LogP contribution in [0.15, 0.2) is 23.1 Å². The fourth-order valence-electron chi connectivity index (χ4n) is 2.45. The first kappa shape index (κ1) is 21.1. The standard InChI is InChI=1S/C16H20ClN3O6S/c1-10(14(21)19-16(23)18-2)26-15(22)12-9-11(5-6-13(12)17)27(24,25)20-7-3-4-8-20/h5-6,9-10H,3-4,7-8H2,1-2H3,(H2,18,19,21,23)/t10-/m0/s1. The molecule has 0 bridgehead atoms. The first-order chi connectivity index (χ1) is 12.7. The number of ether oxygens (including phenoxy) is 1. The molecule has 1 aliphatic heterocycles. The minimum atomic E-state index is -3.74. The number of urea groups is 1. The van der Waals surface area contributed by atoms with E-state index in [2.05, 4.69) is 5.32 Å². The molecule has 2 rings (SSSR count). The number of esters is 1. The average Bonchev–Trinajstić information content (AvgIpc) is 3.17. The van der Waals surface area contributed by atoms with Gasteiger partial charge in [-0.25, -0.2) is 18.0 Å². The van der Waals surface area contributed by atoms with Gasteiger partial charge in [0.15, 0.2) is 6.10 Å². The van der Waals surface area contributed by atoms with Crippen molar-refractivity contribution in [2.75, 3.05) is 20.1 Å². The number of benzene rings is 1. The minimum Gasteiger partial charge on any atom is -0.449 e. The zero-order valence-electron chi connectivity index (χ0n) is 14.8. The maximum atomic E-state index is 12.6. The molecule has 2 N–H and O–H groups in total. The summed E-state index contributed by atoms with van der Waals surface area (Å²) in [7, 11) is -2.42. The van der Waals surface area contributed by atoms with Gasteiger partial charge in [0, 0.05) is 20.1 Å². The molecule has 1 fully saturated rings. The molecule has 148 valence electrons. The van der Waals surface area contributed by atoms with E-state index in [0.717, 1.165) is 18.9 Å². The molecule has 9 nitrogen and oxygen atoms in total. The van der Waals surface area contributed by atoms with Gasteiger partial charge in [0.05, 0.1) is 15.5 Å². The van der Waals surface area contributed by atoms with E-state index in [9.17, 15) is 22.8 Å². The highest BCUT2D eigenvalue weighted by Gasteiger charge is 2.29. The summed E-state index contributed by atoms with van der Waals surface area (Å²) in [4.78, 5) is 35.2. The summed E-state index contributed by atoms with van der Waals surface area (Å²) < 4.78 is 31.6. The number of sulfonamides is 1. The number of nitrogens with one attached hydrogen (secondary N) is 2. The minimum absolute atomic E-state index is 0.0146. The molecule has 0 saturated carbocycles. The van der Waals surface area contributed by atoms with Crippen LogP contribution in [0.25, 0.3) is 0 Å². The summed E-state index contributed by atoms with van der Waals surface area (Å²) in [6, 6.07) is 2.98. The van der Waals surface area contributed by atoms with Crippen LogP contribution in [0, 0.1) is 0 Å². The van der Waals surface area contributed by atoms with Crippen molar-refractivity contribution < 1.29 is 27.5 Å². The van der Waals surface area contributed by atoms with Crippen molar-refractivity contribution >= 4 is 39.5 Å². The topological polar surface area (TPSA) is 122 Å². The maximum Gasteiger partial charge on any atom is 0.340 e. The predicted octanol–water partition coefficient (Wildman–Crippen LogP) is 1.13. The summed E-state index contributed by atoms with van der Waals surface area (Å²) in [5, 5.41) is 4.15. The van der Waals surface area contributed by atoms with E-state index < -0.39 is 34.0 Å². The fourth-order valence-corrected chi connectivity index (χ4v) is 4.19. The number of carbonyl (C=O) groups excluding carboxylic acids is 3. The van der Waals surface area contributed by atoms with Crippen molar-refractivity contribution in [2.45, 2.75) is 30.8 Å². The lowest BCUT2D eigenvalue weighted by atomic mass is 10.2. The molecule has 0 aliphatic carbocycles. The number of carbonyl (C=O) groups is 3. The number of hydrogen-bond donors (Lipinski definition) is 2. The predicted molar refractivity (Wildman–Crippen MR) is 96.9 cm³/mol. The Kier molecular flexibility index (Phi) is 6.79. The second-order valence-corrected chi connectivity index (χ2v) is 8.21. The molecule has 27 heavy (non-hydrogen) atoms. The molecule has 1 aromatic rings. The van der Waals surface area contributed by atoms with Crippen molar-refractivity contribution in [2.24, 2.45) is 0 Å². The van der Waals surface area contributed by atoms with E-state index in [0.29, 0.717) is 13.1 Å². The first-order valence-corrected chi connectivity index (χ1v) is 10.0. The number of hydrogen-bond acceptors (Lipinski definition) is 6. The molecule has 1 aliphatic rings. The molecular formula is C16H20ClN3O6S. The van der Waals surface area contributed by atoms with Crippen LogP contribution < -0.4 is 10.6 Å². The second-order valence-electron chi connectivity index (χ2n) is 5.87. The van der Waals surface area contributed by atoms with Gasteiger partial charge in [-0.1, -0.05) is 11.6 Å². The van der Waals surface area contributed by atoms with E-state index in [1.54, 1.807) is 0 Å². The highest BCUT2D eigenvalue weighted by atomic mass is 35.5. The van der Waals surface area contributed by atoms with E-state index in [4.69, 9.17) is 16.3 Å². The van der Waals surface area contributed by atoms with E-state index in [1.807, 2.05) is 5.32 Å². The lowest BCUT2D eigenvalue weighted by Crippen LogP contribution is -2.43. The molecule has 1 heterocycles. The third kappa shape index (κ3) is 4.96. The number of imide groups is 1. The number of halogens is 1. The Morgan fingerprint density at radius 3 is 2.44 bits per heavy atom. The molecule has 1 aromatic carbocycles. The van der Waals surface area contributed by atoms with Gasteiger partial charge < -0.3 is 10.1 Å². The number of amides is 3. The quantitative estimate of drug-likeness (QED) is 0.692. The summed E-state index contributed by atoms with van der Waals surface area (Å²) in [5.74, 6) is -1.81. The van der Waals surface area contributed by atoms with Crippen LogP contribution in [0.2, 0.25) is 5.02 Å². The number of rotatable bonds is 5. The Balaban J connectivity index is 2.19. The van der Waals surface area contributed by atoms with Gasteiger partial charge in [0.25, 0.3) is 5.91 Å². The van der Waals surface area contributed by atoms with Crippen molar-refractivity contribution in [3.05, 3.63) is 28.8 Å². The summed E-state index contributed by atoms with van der Waals surface area (Å²) in [6.45, 7) is 2.11. The van der Waals surface area contributed by atoms with Crippen molar-refractivity contribution in [1.29, 1.82) is 0 Å². The summed E-state index contributed by atoms with van der Waals surface area (Å²) in [5.41, 5.74) is -0.184. The van der Waals surface area contributed by atoms with Gasteiger partial charge >= 0.3 is 12.0 Å². The Hall–Kier alpha value is -2.17. The zero-order chi connectivity index (χ0) is 20.2. The van der Waals surface area contributed by atoms with Gasteiger partial charge in [-0.15, -0.1) is 0 Å². The summed E-state index contributed by atoms with van der Waals surface area (Å²) >= 11 is 6.00. The van der Waals surface area contributed by atoms with E-state index >= 15 is 0 Å². The van der Waals surface area contributed by atoms with E-state index in [1.165, 1.54) is 30.4 Å². The second kappa shape index (κ2) is 8.68. The van der Waals surface area contributed by atoms with Crippen LogP contribution in [0.4, 0.5) is 4.79 Å². The molecule has 0 spiro atoms. The molecular weight excluding hydrogens is 398 g/mol. The Labute approximate surface area is 162 Å². The van der Waals surface area contributed by atoms with Crippen molar-refractivity contribution in [1.82, 2.24) is 14.9 Å². The van der Waals surface area contributed by atoms with Crippen molar-refractivity contribution in [3.63, 3.8) is 0 Å². The van der Waals surface area contributed by atoms with Gasteiger partial charge in [0.1, 0.15) is 0 Å². The van der Waals surface area contributed by atoms with Crippen LogP contribution in [0.5, 0.6) is 0 Å². The van der Waals surface area contributed by atoms with Gasteiger partial charge in [0.2, 0.25) is 10.0 Å². The Morgan fingerprint density at radius 1 is 1.22 bits per heavy atom. The largest absolute Gasteiger partial charge is 0.449 e. The molecule has 0 radical (unpaired) electrons. The normalized spacial score (nSPS) is 15.8. The third-order valence-corrected chi connectivity index (χ3v) is 6.20. The smallest absolute Gasteiger partial charge is 0.340 e. The van der Waals surface area contributed by atoms with E-state index in [-0.39, 0.29) is 15.5 Å². The molecule has 1 saturated heterocycles. The van der Waals surface area contributed by atoms with Gasteiger partial charge in [-0.3, -0.25) is 10.1 Å². The number of nitrogens with zero attached hydrogens (tertiary/aromatic N) is 1. The highest BCUT2D eigenvalue weighted by Crippen LogP contribution is 2.26. The summed E-state index contributed by atoms with van der Waals surface area (Å²) in [6.07, 6.45) is 0.268. The average molecular weight is 418 g/mol. The lowest BCUT2D eigenvalue weighted by Gasteiger charge is -2.17. The molecule has 1 atom stereocenters. The molecule has 3 amide bonds. The Morgan fingerprint density at radius 2 is 1.85 bits per heavy atom. The molecule has 11 heteroatoms. The van der Waals surface area contributed by atoms with Crippen LogP contribution >= 0.6 is 11.6 Å². The third-order valence-electron chi connectivity index (χ3n) is 3.98. The molecule has 0 unspecified atom stereocenters. The maximum absolute atomic E-state index is 12.6. The lowest BCUT2D eigenvalue weighted by molar-refractivity contribution is -0.127.